The lowest BCUT2D eigenvalue weighted by Crippen LogP contribution is -2.48. The summed E-state index contributed by atoms with van der Waals surface area (Å²) < 4.78 is 0. The van der Waals surface area contributed by atoms with Crippen LogP contribution in [0.25, 0.3) is 0 Å². The van der Waals surface area contributed by atoms with E-state index >= 15 is 0 Å². The minimum atomic E-state index is -0.681. The molecule has 0 spiro atoms. The molecule has 0 aromatic heterocycles. The Hall–Kier alpha value is -0.570. The highest BCUT2D eigenvalue weighted by atomic mass is 16.4. The maximum atomic E-state index is 11.3. The van der Waals surface area contributed by atoms with Gasteiger partial charge in [-0.3, -0.25) is 9.69 Å². The molecule has 88 valence electrons. The number of aliphatic carboxylic acids is 1. The molecule has 1 saturated heterocycles. The van der Waals surface area contributed by atoms with Crippen LogP contribution >= 0.6 is 0 Å². The summed E-state index contributed by atoms with van der Waals surface area (Å²) in [6, 6.07) is -0.339. The van der Waals surface area contributed by atoms with Crippen LogP contribution in [0.4, 0.5) is 0 Å². The molecule has 2 unspecified atom stereocenters. The minimum Gasteiger partial charge on any atom is -0.480 e. The van der Waals surface area contributed by atoms with Crippen LogP contribution in [-0.4, -0.2) is 35.1 Å². The van der Waals surface area contributed by atoms with Crippen LogP contribution in [-0.2, 0) is 4.79 Å². The lowest BCUT2D eigenvalue weighted by molar-refractivity contribution is -0.147. The summed E-state index contributed by atoms with van der Waals surface area (Å²) in [4.78, 5) is 13.4. The number of carboxylic acid groups (broad SMARTS) is 1. The van der Waals surface area contributed by atoms with Crippen LogP contribution in [0.5, 0.6) is 0 Å². The Bertz CT molecular complexity index is 232. The highest BCUT2D eigenvalue weighted by Gasteiger charge is 2.39. The van der Waals surface area contributed by atoms with Gasteiger partial charge in [-0.15, -0.1) is 0 Å². The van der Waals surface area contributed by atoms with Gasteiger partial charge in [-0.05, 0) is 24.3 Å². The fourth-order valence-corrected chi connectivity index (χ4v) is 2.50. The Labute approximate surface area is 92.5 Å². The highest BCUT2D eigenvalue weighted by molar-refractivity contribution is 5.74. The number of rotatable bonds is 3. The molecule has 3 heteroatoms. The third kappa shape index (κ3) is 2.94. The molecule has 1 N–H and O–H groups in total. The molecule has 3 nitrogen and oxygen atoms in total. The summed E-state index contributed by atoms with van der Waals surface area (Å²) >= 11 is 0. The summed E-state index contributed by atoms with van der Waals surface area (Å²) in [5.41, 5.74) is -0.186. The van der Waals surface area contributed by atoms with Crippen molar-refractivity contribution in [1.82, 2.24) is 4.90 Å². The molecular weight excluding hydrogens is 190 g/mol. The summed E-state index contributed by atoms with van der Waals surface area (Å²) in [6.45, 7) is 10.1. The molecule has 1 aliphatic heterocycles. The van der Waals surface area contributed by atoms with Crippen molar-refractivity contribution in [3.05, 3.63) is 0 Å². The van der Waals surface area contributed by atoms with E-state index in [4.69, 9.17) is 0 Å². The van der Waals surface area contributed by atoms with Gasteiger partial charge in [-0.25, -0.2) is 0 Å². The van der Waals surface area contributed by atoms with Gasteiger partial charge < -0.3 is 5.11 Å². The molecule has 0 aromatic rings. The fourth-order valence-electron chi connectivity index (χ4n) is 2.50. The van der Waals surface area contributed by atoms with Crippen molar-refractivity contribution in [2.24, 2.45) is 11.3 Å². The topological polar surface area (TPSA) is 40.5 Å². The second-order valence-electron chi connectivity index (χ2n) is 5.66. The molecule has 0 radical (unpaired) electrons. The van der Waals surface area contributed by atoms with Crippen LogP contribution in [0, 0.1) is 11.3 Å². The Morgan fingerprint density at radius 1 is 1.53 bits per heavy atom. The van der Waals surface area contributed by atoms with Gasteiger partial charge in [0.15, 0.2) is 0 Å². The van der Waals surface area contributed by atoms with Crippen molar-refractivity contribution in [2.45, 2.75) is 46.6 Å². The van der Waals surface area contributed by atoms with Gasteiger partial charge in [-0.2, -0.15) is 0 Å². The van der Waals surface area contributed by atoms with Gasteiger partial charge in [0, 0.05) is 6.54 Å². The average molecular weight is 213 g/mol. The van der Waals surface area contributed by atoms with E-state index in [0.29, 0.717) is 5.92 Å². The van der Waals surface area contributed by atoms with E-state index in [1.165, 1.54) is 0 Å². The van der Waals surface area contributed by atoms with Crippen LogP contribution < -0.4 is 0 Å². The van der Waals surface area contributed by atoms with Crippen molar-refractivity contribution in [1.29, 1.82) is 0 Å². The van der Waals surface area contributed by atoms with Crippen molar-refractivity contribution < 1.29 is 9.90 Å². The Kier molecular flexibility index (Phi) is 3.77. The quantitative estimate of drug-likeness (QED) is 0.781. The van der Waals surface area contributed by atoms with Gasteiger partial charge in [-0.1, -0.05) is 34.1 Å². The van der Waals surface area contributed by atoms with Gasteiger partial charge in [0.05, 0.1) is 0 Å². The number of hydrogen-bond acceptors (Lipinski definition) is 2. The van der Waals surface area contributed by atoms with E-state index in [2.05, 4.69) is 11.8 Å². The molecule has 1 fully saturated rings. The third-order valence-corrected chi connectivity index (χ3v) is 3.31. The van der Waals surface area contributed by atoms with Gasteiger partial charge >= 0.3 is 5.97 Å². The number of nitrogens with zero attached hydrogens (tertiary/aromatic N) is 1. The van der Waals surface area contributed by atoms with Crippen molar-refractivity contribution >= 4 is 5.97 Å². The zero-order valence-corrected chi connectivity index (χ0v) is 10.3. The number of carbonyl (C=O) groups is 1. The standard InChI is InChI=1S/C12H23NO2/c1-5-9-6-7-13(8-9)10(11(14)15)12(2,3)4/h9-10H,5-8H2,1-4H3,(H,14,15). The molecule has 15 heavy (non-hydrogen) atoms. The van der Waals surface area contributed by atoms with Gasteiger partial charge in [0.25, 0.3) is 0 Å². The average Bonchev–Trinajstić information content (AvgIpc) is 2.49. The predicted molar refractivity (Wildman–Crippen MR) is 60.8 cm³/mol. The lowest BCUT2D eigenvalue weighted by Gasteiger charge is -2.34. The first-order chi connectivity index (χ1) is 6.86. The molecule has 2 atom stereocenters. The Balaban J connectivity index is 2.71. The highest BCUT2D eigenvalue weighted by Crippen LogP contribution is 2.30. The van der Waals surface area contributed by atoms with Crippen LogP contribution in [0.3, 0.4) is 0 Å². The minimum absolute atomic E-state index is 0.186. The van der Waals surface area contributed by atoms with Gasteiger partial charge in [0.2, 0.25) is 0 Å². The van der Waals surface area contributed by atoms with Crippen molar-refractivity contribution in [3.63, 3.8) is 0 Å². The summed E-state index contributed by atoms with van der Waals surface area (Å²) in [5, 5.41) is 9.29. The Morgan fingerprint density at radius 2 is 2.13 bits per heavy atom. The molecule has 0 bridgehead atoms. The molecule has 0 amide bonds. The Morgan fingerprint density at radius 3 is 2.47 bits per heavy atom. The maximum absolute atomic E-state index is 11.3. The van der Waals surface area contributed by atoms with E-state index in [-0.39, 0.29) is 11.5 Å². The number of carboxylic acids is 1. The van der Waals surface area contributed by atoms with Crippen molar-refractivity contribution in [2.75, 3.05) is 13.1 Å². The second-order valence-corrected chi connectivity index (χ2v) is 5.66. The molecule has 0 aromatic carbocycles. The second kappa shape index (κ2) is 4.52. The molecule has 0 aliphatic carbocycles. The monoisotopic (exact) mass is 213 g/mol. The lowest BCUT2D eigenvalue weighted by atomic mass is 9.86. The zero-order valence-electron chi connectivity index (χ0n) is 10.3. The van der Waals surface area contributed by atoms with Crippen molar-refractivity contribution in [3.8, 4) is 0 Å². The van der Waals surface area contributed by atoms with E-state index in [1.807, 2.05) is 20.8 Å². The van der Waals surface area contributed by atoms with E-state index in [0.717, 1.165) is 25.9 Å². The SMILES string of the molecule is CCC1CCN(C(C(=O)O)C(C)(C)C)C1. The maximum Gasteiger partial charge on any atom is 0.321 e. The third-order valence-electron chi connectivity index (χ3n) is 3.31. The summed E-state index contributed by atoms with van der Waals surface area (Å²) in [7, 11) is 0. The molecule has 1 aliphatic rings. The van der Waals surface area contributed by atoms with Crippen LogP contribution in [0.1, 0.15) is 40.5 Å². The predicted octanol–water partition coefficient (Wildman–Crippen LogP) is 2.22. The normalized spacial score (nSPS) is 25.5. The van der Waals surface area contributed by atoms with Gasteiger partial charge in [0.1, 0.15) is 6.04 Å². The van der Waals surface area contributed by atoms with E-state index in [1.54, 1.807) is 0 Å². The van der Waals surface area contributed by atoms with Crippen LogP contribution in [0.2, 0.25) is 0 Å². The zero-order chi connectivity index (χ0) is 11.6. The first-order valence-corrected chi connectivity index (χ1v) is 5.83. The largest absolute Gasteiger partial charge is 0.480 e. The molecule has 1 heterocycles. The first-order valence-electron chi connectivity index (χ1n) is 5.83. The molecule has 0 saturated carbocycles. The fraction of sp³-hybridized carbons (Fsp3) is 0.917. The number of hydrogen-bond donors (Lipinski definition) is 1. The van der Waals surface area contributed by atoms with E-state index < -0.39 is 5.97 Å². The first kappa shape index (κ1) is 12.5. The smallest absolute Gasteiger partial charge is 0.321 e. The summed E-state index contributed by atoms with van der Waals surface area (Å²) in [5.74, 6) is 0.00783. The van der Waals surface area contributed by atoms with Crippen LogP contribution in [0.15, 0.2) is 0 Å². The molecule has 1 rings (SSSR count). The van der Waals surface area contributed by atoms with E-state index in [9.17, 15) is 9.90 Å². The molecular formula is C12H23NO2. The number of likely N-dealkylation sites (tertiary alicyclic amines) is 1. The summed E-state index contributed by atoms with van der Waals surface area (Å²) in [6.07, 6.45) is 2.31.